The lowest BCUT2D eigenvalue weighted by molar-refractivity contribution is -0.427. The van der Waals surface area contributed by atoms with Crippen molar-refractivity contribution in [2.75, 3.05) is 13.2 Å². The zero-order chi connectivity index (χ0) is 24.0. The zero-order valence-electron chi connectivity index (χ0n) is 19.1. The summed E-state index contributed by atoms with van der Waals surface area (Å²) in [6.07, 6.45) is 12.7. The van der Waals surface area contributed by atoms with E-state index in [0.717, 1.165) is 32.2 Å². The summed E-state index contributed by atoms with van der Waals surface area (Å²) in [6.45, 7) is 5.31. The first kappa shape index (κ1) is 24.6. The van der Waals surface area contributed by atoms with Crippen LogP contribution in [0.15, 0.2) is 42.4 Å². The van der Waals surface area contributed by atoms with Gasteiger partial charge in [-0.25, -0.2) is 9.59 Å². The van der Waals surface area contributed by atoms with Gasteiger partial charge in [0.05, 0.1) is 22.5 Å². The molecule has 9 nitrogen and oxygen atoms in total. The molecule has 9 heteroatoms. The number of pyridine rings is 1. The highest BCUT2D eigenvalue weighted by Crippen LogP contribution is 2.31. The van der Waals surface area contributed by atoms with Gasteiger partial charge in [0.2, 0.25) is 5.70 Å². The van der Waals surface area contributed by atoms with Crippen molar-refractivity contribution in [1.29, 1.82) is 0 Å². The van der Waals surface area contributed by atoms with Gasteiger partial charge in [0, 0.05) is 30.4 Å². The number of aromatic carboxylic acids is 1. The smallest absolute Gasteiger partial charge is 0.339 e. The first-order chi connectivity index (χ1) is 15.7. The molecule has 1 aliphatic heterocycles. The topological polar surface area (TPSA) is 123 Å². The number of carbonyl (C=O) groups excluding carboxylic acids is 1. The minimum atomic E-state index is -1.14. The zero-order valence-corrected chi connectivity index (χ0v) is 19.1. The highest BCUT2D eigenvalue weighted by molar-refractivity contribution is 5.93. The Hall–Kier alpha value is -3.07. The maximum absolute atomic E-state index is 12.3. The van der Waals surface area contributed by atoms with Gasteiger partial charge in [-0.2, -0.15) is 0 Å². The Morgan fingerprint density at radius 1 is 1.33 bits per heavy atom. The van der Waals surface area contributed by atoms with Gasteiger partial charge in [0.25, 0.3) is 0 Å². The fourth-order valence-corrected chi connectivity index (χ4v) is 4.73. The molecule has 0 aromatic carbocycles. The molecule has 2 aliphatic rings. The number of carbonyl (C=O) groups is 2. The van der Waals surface area contributed by atoms with Gasteiger partial charge in [-0.05, 0) is 64.1 Å². The summed E-state index contributed by atoms with van der Waals surface area (Å²) in [4.78, 5) is 40.2. The molecular weight excluding hydrogens is 426 g/mol. The second-order valence-electron chi connectivity index (χ2n) is 8.98. The van der Waals surface area contributed by atoms with Crippen molar-refractivity contribution in [3.8, 4) is 0 Å². The molecule has 0 spiro atoms. The van der Waals surface area contributed by atoms with Crippen LogP contribution in [-0.4, -0.2) is 57.1 Å². The van der Waals surface area contributed by atoms with E-state index in [2.05, 4.69) is 22.9 Å². The SMILES string of the molecule is CC(COC(=O)c1cncc(C(=O)O)c1)N1CCC(CCC2C=CCC([N+](=O)[O-])=C2)CC1C. The van der Waals surface area contributed by atoms with Crippen LogP contribution >= 0.6 is 0 Å². The largest absolute Gasteiger partial charge is 0.478 e. The van der Waals surface area contributed by atoms with E-state index in [1.165, 1.54) is 18.5 Å². The van der Waals surface area contributed by atoms with Gasteiger partial charge in [-0.3, -0.25) is 20.0 Å². The van der Waals surface area contributed by atoms with E-state index in [0.29, 0.717) is 24.1 Å². The second-order valence-corrected chi connectivity index (χ2v) is 8.98. The maximum atomic E-state index is 12.3. The number of esters is 1. The van der Waals surface area contributed by atoms with Crippen molar-refractivity contribution in [3.05, 3.63) is 63.6 Å². The molecule has 1 aromatic rings. The van der Waals surface area contributed by atoms with Crippen LogP contribution < -0.4 is 0 Å². The highest BCUT2D eigenvalue weighted by Gasteiger charge is 2.29. The number of allylic oxidation sites excluding steroid dienone is 3. The number of aromatic nitrogens is 1. The number of carboxylic acids is 1. The van der Waals surface area contributed by atoms with Crippen molar-refractivity contribution < 1.29 is 24.4 Å². The van der Waals surface area contributed by atoms with Crippen LogP contribution in [0.2, 0.25) is 0 Å². The molecule has 178 valence electrons. The standard InChI is InChI=1S/C24H31N3O6/c1-16-10-19(7-6-18-4-3-5-22(11-18)27(31)32)8-9-26(16)17(2)15-33-24(30)21-12-20(23(28)29)13-25-14-21/h3-4,11-14,16-19H,5-10,15H2,1-2H3,(H,28,29). The van der Waals surface area contributed by atoms with Crippen molar-refractivity contribution >= 4 is 11.9 Å². The number of ether oxygens (including phenoxy) is 1. The molecule has 0 bridgehead atoms. The fourth-order valence-electron chi connectivity index (χ4n) is 4.73. The highest BCUT2D eigenvalue weighted by atomic mass is 16.6. The van der Waals surface area contributed by atoms with E-state index in [-0.39, 0.29) is 34.6 Å². The molecule has 1 aliphatic carbocycles. The number of nitrogens with zero attached hydrogens (tertiary/aromatic N) is 3. The first-order valence-electron chi connectivity index (χ1n) is 11.4. The van der Waals surface area contributed by atoms with Crippen molar-refractivity contribution in [1.82, 2.24) is 9.88 Å². The van der Waals surface area contributed by atoms with E-state index in [9.17, 15) is 19.7 Å². The molecule has 3 rings (SSSR count). The Morgan fingerprint density at radius 3 is 2.79 bits per heavy atom. The van der Waals surface area contributed by atoms with Gasteiger partial charge >= 0.3 is 11.9 Å². The van der Waals surface area contributed by atoms with Crippen LogP contribution in [0.25, 0.3) is 0 Å². The van der Waals surface area contributed by atoms with Crippen LogP contribution in [0.3, 0.4) is 0 Å². The van der Waals surface area contributed by atoms with E-state index >= 15 is 0 Å². The quantitative estimate of drug-likeness (QED) is 0.256. The number of hydrogen-bond acceptors (Lipinski definition) is 7. The molecule has 33 heavy (non-hydrogen) atoms. The lowest BCUT2D eigenvalue weighted by Crippen LogP contribution is -2.47. The molecule has 1 saturated heterocycles. The molecule has 4 unspecified atom stereocenters. The molecule has 2 heterocycles. The van der Waals surface area contributed by atoms with Gasteiger partial charge in [-0.15, -0.1) is 0 Å². The van der Waals surface area contributed by atoms with Crippen molar-refractivity contribution in [2.45, 2.75) is 58.0 Å². The number of hydrogen-bond donors (Lipinski definition) is 1. The summed E-state index contributed by atoms with van der Waals surface area (Å²) >= 11 is 0. The van der Waals surface area contributed by atoms with Gasteiger partial charge in [-0.1, -0.05) is 12.2 Å². The van der Waals surface area contributed by atoms with E-state index in [1.807, 2.05) is 13.0 Å². The first-order valence-corrected chi connectivity index (χ1v) is 11.4. The minimum Gasteiger partial charge on any atom is -0.478 e. The van der Waals surface area contributed by atoms with Crippen LogP contribution in [-0.2, 0) is 4.74 Å². The van der Waals surface area contributed by atoms with Crippen LogP contribution in [0.1, 0.15) is 66.7 Å². The average Bonchev–Trinajstić information content (AvgIpc) is 2.81. The Morgan fingerprint density at radius 2 is 2.09 bits per heavy atom. The second kappa shape index (κ2) is 11.2. The average molecular weight is 458 g/mol. The molecule has 1 N–H and O–H groups in total. The van der Waals surface area contributed by atoms with Crippen LogP contribution in [0.5, 0.6) is 0 Å². The maximum Gasteiger partial charge on any atom is 0.339 e. The Bertz CT molecular complexity index is 944. The third kappa shape index (κ3) is 6.71. The Labute approximate surface area is 193 Å². The summed E-state index contributed by atoms with van der Waals surface area (Å²) in [6, 6.07) is 1.63. The number of piperidine rings is 1. The van der Waals surface area contributed by atoms with Crippen LogP contribution in [0, 0.1) is 22.0 Å². The number of likely N-dealkylation sites (tertiary alicyclic amines) is 1. The lowest BCUT2D eigenvalue weighted by atomic mass is 9.84. The minimum absolute atomic E-state index is 0.0346. The Kier molecular flexibility index (Phi) is 8.32. The van der Waals surface area contributed by atoms with E-state index < -0.39 is 11.9 Å². The molecule has 1 aromatic heterocycles. The van der Waals surface area contributed by atoms with Gasteiger partial charge < -0.3 is 9.84 Å². The third-order valence-electron chi connectivity index (χ3n) is 6.54. The summed E-state index contributed by atoms with van der Waals surface area (Å²) in [5.41, 5.74) is 0.362. The fraction of sp³-hybridized carbons (Fsp3) is 0.542. The molecule has 4 atom stereocenters. The third-order valence-corrected chi connectivity index (χ3v) is 6.54. The number of nitro groups is 1. The van der Waals surface area contributed by atoms with E-state index in [4.69, 9.17) is 9.84 Å². The number of carboxylic acid groups (broad SMARTS) is 1. The molecular formula is C24H31N3O6. The van der Waals surface area contributed by atoms with Gasteiger partial charge in [0.15, 0.2) is 0 Å². The van der Waals surface area contributed by atoms with Gasteiger partial charge in [0.1, 0.15) is 6.61 Å². The lowest BCUT2D eigenvalue weighted by Gasteiger charge is -2.41. The normalized spacial score (nSPS) is 24.1. The summed E-state index contributed by atoms with van der Waals surface area (Å²) in [5, 5.41) is 20.1. The monoisotopic (exact) mass is 457 g/mol. The van der Waals surface area contributed by atoms with Crippen molar-refractivity contribution in [2.24, 2.45) is 11.8 Å². The predicted molar refractivity (Wildman–Crippen MR) is 121 cm³/mol. The molecule has 0 radical (unpaired) electrons. The molecule has 0 amide bonds. The molecule has 0 saturated carbocycles. The Balaban J connectivity index is 1.44. The van der Waals surface area contributed by atoms with Crippen molar-refractivity contribution in [3.63, 3.8) is 0 Å². The molecule has 1 fully saturated rings. The number of rotatable bonds is 9. The summed E-state index contributed by atoms with van der Waals surface area (Å²) < 4.78 is 5.43. The predicted octanol–water partition coefficient (Wildman–Crippen LogP) is 3.94. The summed E-state index contributed by atoms with van der Waals surface area (Å²) in [7, 11) is 0. The van der Waals surface area contributed by atoms with E-state index in [1.54, 1.807) is 6.08 Å². The van der Waals surface area contributed by atoms with Crippen LogP contribution in [0.4, 0.5) is 0 Å². The summed E-state index contributed by atoms with van der Waals surface area (Å²) in [5.74, 6) is -1.02.